The molecule has 33 heavy (non-hydrogen) atoms. The molecule has 0 bridgehead atoms. The number of benzene rings is 3. The zero-order valence-corrected chi connectivity index (χ0v) is 19.0. The molecule has 0 aromatic heterocycles. The second-order valence-corrected chi connectivity index (χ2v) is 9.86. The summed E-state index contributed by atoms with van der Waals surface area (Å²) in [5.74, 6) is -0.889. The molecule has 1 aliphatic heterocycles. The molecular formula is C26H26N2O4S. The average Bonchev–Trinajstić information content (AvgIpc) is 3.25. The summed E-state index contributed by atoms with van der Waals surface area (Å²) in [5.41, 5.74) is 2.03. The monoisotopic (exact) mass is 462 g/mol. The fourth-order valence-corrected chi connectivity index (χ4v) is 5.70. The normalized spacial score (nSPS) is 16.1. The molecule has 3 aromatic rings. The molecule has 3 aromatic carbocycles. The van der Waals surface area contributed by atoms with Crippen molar-refractivity contribution >= 4 is 21.8 Å². The molecule has 1 unspecified atom stereocenters. The highest BCUT2D eigenvalue weighted by Gasteiger charge is 2.45. The first kappa shape index (κ1) is 22.7. The third-order valence-corrected chi connectivity index (χ3v) is 7.63. The standard InChI is InChI=1S/C26H26N2O4S/c29-25-17-16-24(28(25)33(31,32)23-14-8-3-9-15-23)26(30)27(20-22-12-6-2-7-13-22)19-18-21-10-4-1-5-11-21/h1-15,24H,16-20H2. The molecule has 1 fully saturated rings. The van der Waals surface area contributed by atoms with E-state index in [4.69, 9.17) is 0 Å². The Morgan fingerprint density at radius 2 is 1.39 bits per heavy atom. The van der Waals surface area contributed by atoms with Gasteiger partial charge in [-0.1, -0.05) is 78.9 Å². The van der Waals surface area contributed by atoms with Crippen LogP contribution in [0.4, 0.5) is 0 Å². The fraction of sp³-hybridized carbons (Fsp3) is 0.231. The van der Waals surface area contributed by atoms with Crippen LogP contribution in [0.25, 0.3) is 0 Å². The lowest BCUT2D eigenvalue weighted by molar-refractivity contribution is -0.138. The van der Waals surface area contributed by atoms with E-state index in [1.165, 1.54) is 12.1 Å². The first-order chi connectivity index (χ1) is 16.0. The summed E-state index contributed by atoms with van der Waals surface area (Å²) in [7, 11) is -4.12. The molecule has 1 atom stereocenters. The summed E-state index contributed by atoms with van der Waals surface area (Å²) in [6, 6.07) is 26.2. The Morgan fingerprint density at radius 3 is 2.00 bits per heavy atom. The molecule has 0 spiro atoms. The van der Waals surface area contributed by atoms with Gasteiger partial charge < -0.3 is 4.90 Å². The third kappa shape index (κ3) is 5.14. The minimum absolute atomic E-state index is 0.0111. The van der Waals surface area contributed by atoms with Gasteiger partial charge in [0.05, 0.1) is 4.90 Å². The Hall–Kier alpha value is -3.45. The highest BCUT2D eigenvalue weighted by atomic mass is 32.2. The minimum Gasteiger partial charge on any atom is -0.336 e. The van der Waals surface area contributed by atoms with E-state index >= 15 is 0 Å². The van der Waals surface area contributed by atoms with Gasteiger partial charge in [-0.25, -0.2) is 12.7 Å². The van der Waals surface area contributed by atoms with Crippen LogP contribution in [0.2, 0.25) is 0 Å². The largest absolute Gasteiger partial charge is 0.336 e. The number of sulfonamides is 1. The second-order valence-electron chi connectivity index (χ2n) is 8.04. The van der Waals surface area contributed by atoms with E-state index in [-0.39, 0.29) is 23.6 Å². The van der Waals surface area contributed by atoms with E-state index in [9.17, 15) is 18.0 Å². The molecule has 4 rings (SSSR count). The first-order valence-electron chi connectivity index (χ1n) is 11.0. The van der Waals surface area contributed by atoms with Crippen LogP contribution in [0.15, 0.2) is 95.9 Å². The second kappa shape index (κ2) is 10.0. The summed E-state index contributed by atoms with van der Waals surface area (Å²) in [6.07, 6.45) is 0.839. The van der Waals surface area contributed by atoms with Crippen LogP contribution in [-0.2, 0) is 32.6 Å². The Balaban J connectivity index is 1.61. The fourth-order valence-electron chi connectivity index (χ4n) is 4.08. The highest BCUT2D eigenvalue weighted by molar-refractivity contribution is 7.89. The lowest BCUT2D eigenvalue weighted by atomic mass is 10.1. The number of carbonyl (C=O) groups is 2. The van der Waals surface area contributed by atoms with Crippen molar-refractivity contribution in [3.63, 3.8) is 0 Å². The zero-order chi connectivity index (χ0) is 23.3. The molecule has 0 aliphatic carbocycles. The number of hydrogen-bond donors (Lipinski definition) is 0. The summed E-state index contributed by atoms with van der Waals surface area (Å²) in [4.78, 5) is 28.0. The molecule has 6 nitrogen and oxygen atoms in total. The van der Waals surface area contributed by atoms with Gasteiger partial charge in [-0.2, -0.15) is 0 Å². The van der Waals surface area contributed by atoms with Crippen molar-refractivity contribution in [2.24, 2.45) is 0 Å². The van der Waals surface area contributed by atoms with Crippen LogP contribution >= 0.6 is 0 Å². The number of carbonyl (C=O) groups excluding carboxylic acids is 2. The van der Waals surface area contributed by atoms with E-state index in [0.29, 0.717) is 19.5 Å². The Kier molecular flexibility index (Phi) is 6.89. The van der Waals surface area contributed by atoms with Gasteiger partial charge in [-0.3, -0.25) is 9.59 Å². The van der Waals surface area contributed by atoms with Crippen LogP contribution in [0, 0.1) is 0 Å². The Morgan fingerprint density at radius 1 is 0.848 bits per heavy atom. The molecule has 2 amide bonds. The predicted octanol–water partition coefficient (Wildman–Crippen LogP) is 3.64. The van der Waals surface area contributed by atoms with Crippen LogP contribution in [0.3, 0.4) is 0 Å². The topological polar surface area (TPSA) is 74.8 Å². The van der Waals surface area contributed by atoms with E-state index in [1.807, 2.05) is 60.7 Å². The van der Waals surface area contributed by atoms with Crippen LogP contribution < -0.4 is 0 Å². The lowest BCUT2D eigenvalue weighted by Gasteiger charge is -2.30. The van der Waals surface area contributed by atoms with Gasteiger partial charge in [0.2, 0.25) is 11.8 Å². The molecular weight excluding hydrogens is 436 g/mol. The summed E-state index contributed by atoms with van der Waals surface area (Å²) >= 11 is 0. The predicted molar refractivity (Wildman–Crippen MR) is 126 cm³/mol. The molecule has 0 radical (unpaired) electrons. The van der Waals surface area contributed by atoms with Gasteiger partial charge in [0, 0.05) is 19.5 Å². The smallest absolute Gasteiger partial charge is 0.267 e. The SMILES string of the molecule is O=C(C1CCC(=O)N1S(=O)(=O)c1ccccc1)N(CCc1ccccc1)Cc1ccccc1. The number of nitrogens with zero attached hydrogens (tertiary/aromatic N) is 2. The zero-order valence-electron chi connectivity index (χ0n) is 18.2. The van der Waals surface area contributed by atoms with E-state index < -0.39 is 22.0 Å². The maximum Gasteiger partial charge on any atom is 0.267 e. The molecule has 170 valence electrons. The molecule has 1 heterocycles. The molecule has 0 N–H and O–H groups in total. The Labute approximate surface area is 194 Å². The first-order valence-corrected chi connectivity index (χ1v) is 12.4. The van der Waals surface area contributed by atoms with Gasteiger partial charge in [0.25, 0.3) is 10.0 Å². The van der Waals surface area contributed by atoms with Gasteiger partial charge in [-0.05, 0) is 36.1 Å². The van der Waals surface area contributed by atoms with Crippen molar-refractivity contribution in [3.8, 4) is 0 Å². The maximum absolute atomic E-state index is 13.7. The maximum atomic E-state index is 13.7. The minimum atomic E-state index is -4.12. The lowest BCUT2D eigenvalue weighted by Crippen LogP contribution is -2.49. The summed E-state index contributed by atoms with van der Waals surface area (Å²) in [6.45, 7) is 0.762. The molecule has 7 heteroatoms. The summed E-state index contributed by atoms with van der Waals surface area (Å²) < 4.78 is 27.3. The highest BCUT2D eigenvalue weighted by Crippen LogP contribution is 2.29. The van der Waals surface area contributed by atoms with Crippen molar-refractivity contribution in [2.45, 2.75) is 36.7 Å². The van der Waals surface area contributed by atoms with Gasteiger partial charge in [0.15, 0.2) is 0 Å². The van der Waals surface area contributed by atoms with Crippen molar-refractivity contribution in [3.05, 3.63) is 102 Å². The van der Waals surface area contributed by atoms with E-state index in [2.05, 4.69) is 0 Å². The third-order valence-electron chi connectivity index (χ3n) is 5.79. The van der Waals surface area contributed by atoms with E-state index in [1.54, 1.807) is 23.1 Å². The van der Waals surface area contributed by atoms with Crippen LogP contribution in [0.5, 0.6) is 0 Å². The molecule has 1 saturated heterocycles. The van der Waals surface area contributed by atoms with Gasteiger partial charge >= 0.3 is 0 Å². The van der Waals surface area contributed by atoms with Gasteiger partial charge in [-0.15, -0.1) is 0 Å². The average molecular weight is 463 g/mol. The number of amides is 2. The van der Waals surface area contributed by atoms with Crippen molar-refractivity contribution < 1.29 is 18.0 Å². The van der Waals surface area contributed by atoms with Gasteiger partial charge in [0.1, 0.15) is 6.04 Å². The van der Waals surface area contributed by atoms with Crippen molar-refractivity contribution in [1.29, 1.82) is 0 Å². The quantitative estimate of drug-likeness (QED) is 0.512. The van der Waals surface area contributed by atoms with Crippen LogP contribution in [0.1, 0.15) is 24.0 Å². The van der Waals surface area contributed by atoms with E-state index in [0.717, 1.165) is 15.4 Å². The molecule has 1 aliphatic rings. The number of rotatable bonds is 8. The van der Waals surface area contributed by atoms with Crippen LogP contribution in [-0.4, -0.2) is 42.0 Å². The number of hydrogen-bond acceptors (Lipinski definition) is 4. The molecule has 0 saturated carbocycles. The summed E-state index contributed by atoms with van der Waals surface area (Å²) in [5, 5.41) is 0. The Bertz CT molecular complexity index is 1200. The van der Waals surface area contributed by atoms with Crippen molar-refractivity contribution in [2.75, 3.05) is 6.54 Å². The van der Waals surface area contributed by atoms with Crippen molar-refractivity contribution in [1.82, 2.24) is 9.21 Å².